The number of rotatable bonds is 11. The highest BCUT2D eigenvalue weighted by atomic mass is 15.1. The first kappa shape index (κ1) is 29.0. The normalized spacial score (nSPS) is 11.4. The van der Waals surface area contributed by atoms with E-state index in [-0.39, 0.29) is 0 Å². The lowest BCUT2D eigenvalue weighted by molar-refractivity contribution is 0.866. The fraction of sp³-hybridized carbons (Fsp3) is 0.200. The molecule has 2 heteroatoms. The molecule has 5 aromatic carbocycles. The third-order valence-corrected chi connectivity index (χ3v) is 8.20. The Balaban J connectivity index is 1.67. The average Bonchev–Trinajstić information content (AvgIpc) is 3.05. The summed E-state index contributed by atoms with van der Waals surface area (Å²) in [5.74, 6) is 0. The highest BCUT2D eigenvalue weighted by Crippen LogP contribution is 2.33. The van der Waals surface area contributed by atoms with Gasteiger partial charge in [0.05, 0.1) is 0 Å². The predicted octanol–water partition coefficient (Wildman–Crippen LogP) is 10.1. The zero-order valence-electron chi connectivity index (χ0n) is 25.4. The average molecular weight is 551 g/mol. The molecule has 0 spiro atoms. The topological polar surface area (TPSA) is 6.48 Å². The van der Waals surface area contributed by atoms with E-state index in [0.717, 1.165) is 26.2 Å². The first-order valence-corrected chi connectivity index (χ1v) is 15.3. The van der Waals surface area contributed by atoms with Gasteiger partial charge in [-0.1, -0.05) is 109 Å². The summed E-state index contributed by atoms with van der Waals surface area (Å²) in [6.45, 7) is 12.8. The van der Waals surface area contributed by atoms with Crippen molar-refractivity contribution < 1.29 is 0 Å². The van der Waals surface area contributed by atoms with Gasteiger partial charge in [0.15, 0.2) is 0 Å². The van der Waals surface area contributed by atoms with Crippen molar-refractivity contribution in [3.05, 3.63) is 156 Å². The summed E-state index contributed by atoms with van der Waals surface area (Å²) in [6, 6.07) is 44.1. The maximum atomic E-state index is 2.39. The number of hydrogen-bond acceptors (Lipinski definition) is 2. The summed E-state index contributed by atoms with van der Waals surface area (Å²) in [4.78, 5) is 4.78. The van der Waals surface area contributed by atoms with Crippen molar-refractivity contribution in [3.8, 4) is 0 Å². The Morgan fingerprint density at radius 2 is 0.905 bits per heavy atom. The zero-order chi connectivity index (χ0) is 29.3. The van der Waals surface area contributed by atoms with Crippen LogP contribution in [-0.4, -0.2) is 26.2 Å². The largest absolute Gasteiger partial charge is 0.372 e. The Labute approximate surface area is 252 Å². The molecule has 5 rings (SSSR count). The van der Waals surface area contributed by atoms with Crippen LogP contribution in [0.2, 0.25) is 0 Å². The van der Waals surface area contributed by atoms with Crippen LogP contribution in [0.4, 0.5) is 11.4 Å². The van der Waals surface area contributed by atoms with Crippen LogP contribution in [0, 0.1) is 0 Å². The molecule has 0 unspecified atom stereocenters. The van der Waals surface area contributed by atoms with Gasteiger partial charge in [0, 0.05) is 37.6 Å². The molecule has 0 aliphatic rings. The van der Waals surface area contributed by atoms with Crippen LogP contribution in [0.1, 0.15) is 49.9 Å². The minimum atomic E-state index is 1.000. The van der Waals surface area contributed by atoms with Crippen LogP contribution in [0.25, 0.3) is 21.9 Å². The summed E-state index contributed by atoms with van der Waals surface area (Å²) in [7, 11) is 0. The van der Waals surface area contributed by atoms with Crippen LogP contribution in [0.15, 0.2) is 133 Å². The number of hydrogen-bond donors (Lipinski definition) is 0. The number of fused-ring (bicyclic) bond motifs is 1. The molecule has 212 valence electrons. The maximum absolute atomic E-state index is 2.39. The molecule has 0 saturated carbocycles. The number of benzene rings is 5. The van der Waals surface area contributed by atoms with E-state index in [1.165, 1.54) is 55.5 Å². The van der Waals surface area contributed by atoms with Crippen molar-refractivity contribution in [1.82, 2.24) is 0 Å². The molecule has 0 radical (unpaired) electrons. The van der Waals surface area contributed by atoms with Gasteiger partial charge >= 0.3 is 0 Å². The monoisotopic (exact) mass is 550 g/mol. The molecule has 2 nitrogen and oxygen atoms in total. The Morgan fingerprint density at radius 3 is 1.45 bits per heavy atom. The molecule has 0 N–H and O–H groups in total. The molecule has 0 atom stereocenters. The molecule has 0 saturated heterocycles. The fourth-order valence-corrected chi connectivity index (χ4v) is 5.83. The summed E-state index contributed by atoms with van der Waals surface area (Å²) >= 11 is 0. The van der Waals surface area contributed by atoms with Crippen molar-refractivity contribution in [1.29, 1.82) is 0 Å². The first-order chi connectivity index (χ1) is 20.7. The maximum Gasteiger partial charge on any atom is 0.0366 e. The lowest BCUT2D eigenvalue weighted by Gasteiger charge is -2.22. The van der Waals surface area contributed by atoms with Crippen molar-refractivity contribution >= 4 is 33.3 Å². The Bertz CT molecular complexity index is 1570. The number of allylic oxidation sites excluding steroid dienone is 2. The van der Waals surface area contributed by atoms with Gasteiger partial charge in [-0.05, 0) is 96.1 Å². The highest BCUT2D eigenvalue weighted by molar-refractivity contribution is 5.98. The van der Waals surface area contributed by atoms with E-state index in [0.29, 0.717) is 0 Å². The molecular formula is C40H42N2. The second-order valence-corrected chi connectivity index (χ2v) is 10.5. The van der Waals surface area contributed by atoms with Crippen LogP contribution in [0.5, 0.6) is 0 Å². The van der Waals surface area contributed by atoms with Crippen LogP contribution >= 0.6 is 0 Å². The molecule has 5 aromatic rings. The van der Waals surface area contributed by atoms with Gasteiger partial charge in [-0.2, -0.15) is 0 Å². The van der Waals surface area contributed by atoms with Crippen molar-refractivity contribution in [3.63, 3.8) is 0 Å². The quantitative estimate of drug-likeness (QED) is 0.151. The van der Waals surface area contributed by atoms with Gasteiger partial charge in [0.25, 0.3) is 0 Å². The smallest absolute Gasteiger partial charge is 0.0366 e. The van der Waals surface area contributed by atoms with Crippen LogP contribution < -0.4 is 9.80 Å². The van der Waals surface area contributed by atoms with Crippen molar-refractivity contribution in [2.75, 3.05) is 36.0 Å². The third-order valence-electron chi connectivity index (χ3n) is 8.20. The van der Waals surface area contributed by atoms with E-state index < -0.39 is 0 Å². The molecule has 0 aliphatic carbocycles. The molecule has 0 fully saturated rings. The molecule has 42 heavy (non-hydrogen) atoms. The number of nitrogens with zero attached hydrogens (tertiary/aromatic N) is 2. The van der Waals surface area contributed by atoms with E-state index in [1.807, 2.05) is 0 Å². The van der Waals surface area contributed by atoms with Gasteiger partial charge in [-0.3, -0.25) is 0 Å². The summed E-state index contributed by atoms with van der Waals surface area (Å²) < 4.78 is 0. The lowest BCUT2D eigenvalue weighted by atomic mass is 9.91. The van der Waals surface area contributed by atoms with Crippen molar-refractivity contribution in [2.24, 2.45) is 0 Å². The summed E-state index contributed by atoms with van der Waals surface area (Å²) in [6.07, 6.45) is 4.62. The third kappa shape index (κ3) is 6.34. The SMILES string of the molecule is CCN(CC)c1ccc(C(=C/C=C(/c2ccccc2)c2cccc3ccccc23)c2ccc(N(CC)CC)cc2)cc1. The minimum Gasteiger partial charge on any atom is -0.372 e. The van der Waals surface area contributed by atoms with Gasteiger partial charge < -0.3 is 9.80 Å². The highest BCUT2D eigenvalue weighted by Gasteiger charge is 2.11. The van der Waals surface area contributed by atoms with Gasteiger partial charge in [0.2, 0.25) is 0 Å². The van der Waals surface area contributed by atoms with Crippen LogP contribution in [0.3, 0.4) is 0 Å². The summed E-state index contributed by atoms with van der Waals surface area (Å²) in [5, 5.41) is 2.51. The van der Waals surface area contributed by atoms with Crippen LogP contribution in [-0.2, 0) is 0 Å². The van der Waals surface area contributed by atoms with Crippen molar-refractivity contribution in [2.45, 2.75) is 27.7 Å². The Morgan fingerprint density at radius 1 is 0.452 bits per heavy atom. The van der Waals surface area contributed by atoms with E-state index in [9.17, 15) is 0 Å². The molecule has 0 heterocycles. The second-order valence-electron chi connectivity index (χ2n) is 10.5. The van der Waals surface area contributed by atoms with Gasteiger partial charge in [-0.25, -0.2) is 0 Å². The van der Waals surface area contributed by atoms with E-state index in [1.54, 1.807) is 0 Å². The predicted molar refractivity (Wildman–Crippen MR) is 185 cm³/mol. The molecule has 0 aromatic heterocycles. The second kappa shape index (κ2) is 13.9. The molecule has 0 bridgehead atoms. The molecular weight excluding hydrogens is 508 g/mol. The standard InChI is InChI=1S/C40H42N2/c1-5-41(6-2)35-25-21-33(22-26-35)37(34-23-27-36(28-24-34)42(7-3)8-4)29-30-39(31-15-10-9-11-16-31)40-20-14-18-32-17-12-13-19-38(32)40/h9-30H,5-8H2,1-4H3/b39-30-. The Kier molecular flexibility index (Phi) is 9.56. The Hall–Kier alpha value is -4.56. The minimum absolute atomic E-state index is 1.000. The molecule has 0 amide bonds. The van der Waals surface area contributed by atoms with Gasteiger partial charge in [0.1, 0.15) is 0 Å². The fourth-order valence-electron chi connectivity index (χ4n) is 5.83. The molecule has 0 aliphatic heterocycles. The number of anilines is 2. The van der Waals surface area contributed by atoms with E-state index in [2.05, 4.69) is 171 Å². The summed E-state index contributed by atoms with van der Waals surface area (Å²) in [5.41, 5.74) is 9.81. The van der Waals surface area contributed by atoms with Gasteiger partial charge in [-0.15, -0.1) is 0 Å². The lowest BCUT2D eigenvalue weighted by Crippen LogP contribution is -2.21. The first-order valence-electron chi connectivity index (χ1n) is 15.3. The van der Waals surface area contributed by atoms with E-state index in [4.69, 9.17) is 0 Å². The zero-order valence-corrected chi connectivity index (χ0v) is 25.4. The van der Waals surface area contributed by atoms with E-state index >= 15 is 0 Å².